The van der Waals surface area contributed by atoms with E-state index in [2.05, 4.69) is 20.0 Å². The molecular formula is C23H20ClFN4O5. The minimum absolute atomic E-state index is 0.0143. The number of halogens is 2. The van der Waals surface area contributed by atoms with E-state index in [4.69, 9.17) is 21.1 Å². The van der Waals surface area contributed by atoms with Crippen molar-refractivity contribution in [2.45, 2.75) is 6.10 Å². The van der Waals surface area contributed by atoms with E-state index in [9.17, 15) is 14.0 Å². The molecule has 0 saturated carbocycles. The number of rotatable bonds is 7. The fraction of sp³-hybridized carbons (Fsp3) is 0.217. The third-order valence-electron chi connectivity index (χ3n) is 5.14. The van der Waals surface area contributed by atoms with Crippen LogP contribution in [0.5, 0.6) is 11.5 Å². The van der Waals surface area contributed by atoms with Crippen molar-refractivity contribution in [3.63, 3.8) is 0 Å². The van der Waals surface area contributed by atoms with Gasteiger partial charge in [0.05, 0.1) is 43.5 Å². The highest BCUT2D eigenvalue weighted by molar-refractivity contribution is 6.31. The first-order valence-corrected chi connectivity index (χ1v) is 10.5. The lowest BCUT2D eigenvalue weighted by atomic mass is 10.1. The van der Waals surface area contributed by atoms with E-state index in [1.807, 2.05) is 0 Å². The van der Waals surface area contributed by atoms with Crippen molar-refractivity contribution >= 4 is 45.9 Å². The second-order valence-corrected chi connectivity index (χ2v) is 7.72. The molecule has 1 N–H and O–H groups in total. The molecule has 1 aromatic heterocycles. The number of methoxy groups -OCH3 is 2. The number of nitrogens with zero attached hydrogens (tertiary/aromatic N) is 3. The van der Waals surface area contributed by atoms with Gasteiger partial charge in [0.1, 0.15) is 18.2 Å². The van der Waals surface area contributed by atoms with E-state index in [1.165, 1.54) is 31.5 Å². The Morgan fingerprint density at radius 2 is 1.97 bits per heavy atom. The molecule has 0 atom stereocenters. The van der Waals surface area contributed by atoms with Gasteiger partial charge in [0.25, 0.3) is 0 Å². The molecule has 11 heteroatoms. The molecular weight excluding hydrogens is 467 g/mol. The van der Waals surface area contributed by atoms with Crippen molar-refractivity contribution in [1.82, 2.24) is 14.9 Å². The number of amides is 1. The molecule has 2 heterocycles. The lowest BCUT2D eigenvalue weighted by Gasteiger charge is -2.38. The van der Waals surface area contributed by atoms with Crippen LogP contribution in [-0.2, 0) is 14.3 Å². The van der Waals surface area contributed by atoms with Gasteiger partial charge < -0.3 is 24.4 Å². The number of aromatic nitrogens is 2. The third-order valence-corrected chi connectivity index (χ3v) is 5.43. The summed E-state index contributed by atoms with van der Waals surface area (Å²) < 4.78 is 30.3. The first-order chi connectivity index (χ1) is 16.4. The quantitative estimate of drug-likeness (QED) is 0.400. The Bertz CT molecular complexity index is 1280. The van der Waals surface area contributed by atoms with Crippen LogP contribution in [0, 0.1) is 5.82 Å². The summed E-state index contributed by atoms with van der Waals surface area (Å²) in [5.74, 6) is -0.299. The van der Waals surface area contributed by atoms with Crippen LogP contribution in [0.25, 0.3) is 10.9 Å². The van der Waals surface area contributed by atoms with Crippen LogP contribution in [0.15, 0.2) is 48.8 Å². The number of benzene rings is 2. The van der Waals surface area contributed by atoms with Crippen LogP contribution in [-0.4, -0.2) is 60.2 Å². The topological polar surface area (TPSA) is 103 Å². The van der Waals surface area contributed by atoms with Crippen molar-refractivity contribution < 1.29 is 28.2 Å². The molecule has 2 aromatic carbocycles. The Hall–Kier alpha value is -3.92. The molecule has 1 amide bonds. The number of likely N-dealkylation sites (tertiary alicyclic amines) is 1. The molecule has 0 unspecified atom stereocenters. The summed E-state index contributed by atoms with van der Waals surface area (Å²) in [7, 11) is 2.74. The van der Waals surface area contributed by atoms with Gasteiger partial charge in [-0.2, -0.15) is 0 Å². The molecule has 176 valence electrons. The summed E-state index contributed by atoms with van der Waals surface area (Å²) in [5.41, 5.74) is 0.724. The maximum atomic E-state index is 14.4. The molecule has 1 saturated heterocycles. The van der Waals surface area contributed by atoms with Gasteiger partial charge in [0.15, 0.2) is 17.3 Å². The zero-order valence-electron chi connectivity index (χ0n) is 18.2. The molecule has 9 nitrogen and oxygen atoms in total. The lowest BCUT2D eigenvalue weighted by molar-refractivity contribution is -0.137. The summed E-state index contributed by atoms with van der Waals surface area (Å²) in [4.78, 5) is 33.3. The Labute approximate surface area is 199 Å². The normalized spacial score (nSPS) is 13.6. The van der Waals surface area contributed by atoms with E-state index in [-0.39, 0.29) is 22.7 Å². The SMILES string of the molecule is COC(=O)/C=C/C(=O)N1CC(Oc2cc3c(Nc4cccc(Cl)c4F)ncnc3cc2OC)C1. The molecule has 1 aliphatic rings. The number of carbonyl (C=O) groups is 2. The average molecular weight is 487 g/mol. The van der Waals surface area contributed by atoms with Gasteiger partial charge in [-0.25, -0.2) is 19.2 Å². The first kappa shape index (κ1) is 23.2. The van der Waals surface area contributed by atoms with E-state index in [0.717, 1.165) is 12.2 Å². The Morgan fingerprint density at radius 3 is 2.71 bits per heavy atom. The van der Waals surface area contributed by atoms with Gasteiger partial charge in [0, 0.05) is 23.6 Å². The maximum Gasteiger partial charge on any atom is 0.330 e. The highest BCUT2D eigenvalue weighted by Gasteiger charge is 2.32. The Balaban J connectivity index is 1.54. The minimum atomic E-state index is -0.605. The van der Waals surface area contributed by atoms with Gasteiger partial charge in [0.2, 0.25) is 5.91 Å². The first-order valence-electron chi connectivity index (χ1n) is 10.1. The molecule has 4 rings (SSSR count). The number of esters is 1. The molecule has 1 aliphatic heterocycles. The number of ether oxygens (including phenoxy) is 3. The predicted octanol–water partition coefficient (Wildman–Crippen LogP) is 3.49. The van der Waals surface area contributed by atoms with E-state index in [0.29, 0.717) is 41.3 Å². The average Bonchev–Trinajstić information content (AvgIpc) is 2.81. The predicted molar refractivity (Wildman–Crippen MR) is 123 cm³/mol. The highest BCUT2D eigenvalue weighted by atomic mass is 35.5. The highest BCUT2D eigenvalue weighted by Crippen LogP contribution is 2.36. The zero-order valence-corrected chi connectivity index (χ0v) is 19.0. The largest absolute Gasteiger partial charge is 0.493 e. The van der Waals surface area contributed by atoms with Gasteiger partial charge in [-0.1, -0.05) is 17.7 Å². The van der Waals surface area contributed by atoms with Crippen LogP contribution < -0.4 is 14.8 Å². The van der Waals surface area contributed by atoms with Crippen LogP contribution in [0.1, 0.15) is 0 Å². The van der Waals surface area contributed by atoms with Crippen molar-refractivity contribution in [2.75, 3.05) is 32.6 Å². The van der Waals surface area contributed by atoms with Gasteiger partial charge in [-0.15, -0.1) is 0 Å². The standard InChI is InChI=1S/C23H20ClFN4O5/c1-32-18-9-17-14(23(27-12-26-17)28-16-5-3-4-15(24)22(16)25)8-19(18)34-13-10-29(11-13)20(30)6-7-21(31)33-2/h3-9,12-13H,10-11H2,1-2H3,(H,26,27,28)/b7-6+. The summed E-state index contributed by atoms with van der Waals surface area (Å²) >= 11 is 5.88. The van der Waals surface area contributed by atoms with E-state index in [1.54, 1.807) is 24.3 Å². The van der Waals surface area contributed by atoms with E-state index >= 15 is 0 Å². The van der Waals surface area contributed by atoms with Gasteiger partial charge in [-0.3, -0.25) is 4.79 Å². The smallest absolute Gasteiger partial charge is 0.330 e. The summed E-state index contributed by atoms with van der Waals surface area (Å²) in [6.07, 6.45) is 3.29. The lowest BCUT2D eigenvalue weighted by Crippen LogP contribution is -2.55. The molecule has 34 heavy (non-hydrogen) atoms. The third kappa shape index (κ3) is 4.86. The fourth-order valence-corrected chi connectivity index (χ4v) is 3.50. The number of hydrogen-bond donors (Lipinski definition) is 1. The molecule has 3 aromatic rings. The van der Waals surface area contributed by atoms with Crippen molar-refractivity contribution in [3.8, 4) is 11.5 Å². The second kappa shape index (κ2) is 9.92. The van der Waals surface area contributed by atoms with Crippen molar-refractivity contribution in [1.29, 1.82) is 0 Å². The number of hydrogen-bond acceptors (Lipinski definition) is 8. The van der Waals surface area contributed by atoms with Crippen LogP contribution >= 0.6 is 11.6 Å². The van der Waals surface area contributed by atoms with Gasteiger partial charge >= 0.3 is 5.97 Å². The van der Waals surface area contributed by atoms with Crippen molar-refractivity contribution in [2.24, 2.45) is 0 Å². The Morgan fingerprint density at radius 1 is 1.18 bits per heavy atom. The fourth-order valence-electron chi connectivity index (χ4n) is 3.33. The van der Waals surface area contributed by atoms with Crippen molar-refractivity contribution in [3.05, 3.63) is 59.7 Å². The molecule has 0 spiro atoms. The van der Waals surface area contributed by atoms with Crippen LogP contribution in [0.4, 0.5) is 15.9 Å². The zero-order chi connectivity index (χ0) is 24.2. The van der Waals surface area contributed by atoms with E-state index < -0.39 is 11.8 Å². The summed E-state index contributed by atoms with van der Waals surface area (Å²) in [5, 5.41) is 3.51. The summed E-state index contributed by atoms with van der Waals surface area (Å²) in [6.45, 7) is 0.658. The number of carbonyl (C=O) groups excluding carboxylic acids is 2. The number of fused-ring (bicyclic) bond motifs is 1. The van der Waals surface area contributed by atoms with Crippen LogP contribution in [0.3, 0.4) is 0 Å². The van der Waals surface area contributed by atoms with Crippen LogP contribution in [0.2, 0.25) is 5.02 Å². The monoisotopic (exact) mass is 486 g/mol. The molecule has 0 radical (unpaired) electrons. The minimum Gasteiger partial charge on any atom is -0.493 e. The maximum absolute atomic E-state index is 14.4. The Kier molecular flexibility index (Phi) is 6.78. The molecule has 1 fully saturated rings. The number of anilines is 2. The molecule has 0 bridgehead atoms. The summed E-state index contributed by atoms with van der Waals surface area (Å²) in [6, 6.07) is 8.01. The second-order valence-electron chi connectivity index (χ2n) is 7.31. The molecule has 0 aliphatic carbocycles. The van der Waals surface area contributed by atoms with Gasteiger partial charge in [-0.05, 0) is 18.2 Å². The number of nitrogens with one attached hydrogen (secondary N) is 1.